The molecular formula is C18H10IN3O3S. The van der Waals surface area contributed by atoms with Gasteiger partial charge in [-0.25, -0.2) is 4.98 Å². The zero-order chi connectivity index (χ0) is 18.3. The summed E-state index contributed by atoms with van der Waals surface area (Å²) >= 11 is 3.36. The smallest absolute Gasteiger partial charge is 0.270 e. The van der Waals surface area contributed by atoms with Crippen molar-refractivity contribution < 1.29 is 9.72 Å². The van der Waals surface area contributed by atoms with E-state index in [9.17, 15) is 14.9 Å². The van der Waals surface area contributed by atoms with Crippen molar-refractivity contribution in [2.45, 2.75) is 0 Å². The third-order valence-electron chi connectivity index (χ3n) is 3.91. The molecule has 26 heavy (non-hydrogen) atoms. The second kappa shape index (κ2) is 6.61. The minimum Gasteiger partial charge on any atom is -0.298 e. The number of nitro groups is 1. The number of fused-ring (bicyclic) bond motifs is 3. The normalized spacial score (nSPS) is 11.0. The highest BCUT2D eigenvalue weighted by Crippen LogP contribution is 2.32. The maximum atomic E-state index is 12.6. The van der Waals surface area contributed by atoms with Crippen LogP contribution in [0.1, 0.15) is 10.4 Å². The van der Waals surface area contributed by atoms with Crippen LogP contribution in [0.3, 0.4) is 0 Å². The number of non-ortho nitro benzene ring substituents is 1. The molecule has 4 rings (SSSR count). The van der Waals surface area contributed by atoms with E-state index in [2.05, 4.69) is 10.3 Å². The Labute approximate surface area is 165 Å². The zero-order valence-corrected chi connectivity index (χ0v) is 16.1. The van der Waals surface area contributed by atoms with Gasteiger partial charge < -0.3 is 0 Å². The molecule has 0 bridgehead atoms. The monoisotopic (exact) mass is 475 g/mol. The quantitative estimate of drug-likeness (QED) is 0.250. The molecule has 1 heterocycles. The molecule has 0 aliphatic carbocycles. The highest BCUT2D eigenvalue weighted by atomic mass is 127. The minimum atomic E-state index is -0.517. The van der Waals surface area contributed by atoms with Gasteiger partial charge in [-0.15, -0.1) is 0 Å². The third-order valence-corrected chi connectivity index (χ3v) is 5.79. The Kier molecular flexibility index (Phi) is 4.29. The summed E-state index contributed by atoms with van der Waals surface area (Å²) in [4.78, 5) is 27.6. The molecule has 0 fully saturated rings. The second-order valence-corrected chi connectivity index (χ2v) is 7.72. The topological polar surface area (TPSA) is 85.1 Å². The van der Waals surface area contributed by atoms with Crippen LogP contribution in [0.2, 0.25) is 0 Å². The summed E-state index contributed by atoms with van der Waals surface area (Å²) < 4.78 is 1.60. The highest BCUT2D eigenvalue weighted by Gasteiger charge is 2.17. The molecule has 0 unspecified atom stereocenters. The average Bonchev–Trinajstić information content (AvgIpc) is 3.04. The fourth-order valence-corrected chi connectivity index (χ4v) is 4.14. The lowest BCUT2D eigenvalue weighted by atomic mass is 10.1. The molecule has 0 radical (unpaired) electrons. The van der Waals surface area contributed by atoms with Gasteiger partial charge in [0.1, 0.15) is 0 Å². The van der Waals surface area contributed by atoms with Crippen molar-refractivity contribution in [3.8, 4) is 0 Å². The first kappa shape index (κ1) is 16.9. The van der Waals surface area contributed by atoms with Crippen LogP contribution < -0.4 is 5.32 Å². The molecule has 1 amide bonds. The van der Waals surface area contributed by atoms with E-state index in [1.165, 1.54) is 23.5 Å². The van der Waals surface area contributed by atoms with Crippen molar-refractivity contribution in [3.63, 3.8) is 0 Å². The molecule has 4 aromatic rings. The van der Waals surface area contributed by atoms with Crippen molar-refractivity contribution in [1.82, 2.24) is 4.98 Å². The Balaban J connectivity index is 1.71. The summed E-state index contributed by atoms with van der Waals surface area (Å²) in [7, 11) is 0. The van der Waals surface area contributed by atoms with E-state index < -0.39 is 10.8 Å². The van der Waals surface area contributed by atoms with Gasteiger partial charge in [0.05, 0.1) is 20.7 Å². The van der Waals surface area contributed by atoms with Crippen molar-refractivity contribution in [2.75, 3.05) is 5.32 Å². The Bertz CT molecular complexity index is 1190. The zero-order valence-electron chi connectivity index (χ0n) is 13.1. The van der Waals surface area contributed by atoms with Gasteiger partial charge in [0.25, 0.3) is 11.6 Å². The van der Waals surface area contributed by atoms with E-state index in [-0.39, 0.29) is 11.3 Å². The number of nitrogens with one attached hydrogen (secondary N) is 1. The van der Waals surface area contributed by atoms with Crippen molar-refractivity contribution >= 4 is 71.6 Å². The standard InChI is InChI=1S/C18H10IN3O3S/c19-14-7-6-11(22(24)25)9-13(14)17(23)21-18-20-16-12-4-2-1-3-10(12)5-8-15(16)26-18/h1-9H,(H,20,21,23). The third kappa shape index (κ3) is 3.01. The molecule has 0 aliphatic heterocycles. The lowest BCUT2D eigenvalue weighted by Gasteiger charge is -2.04. The van der Waals surface area contributed by atoms with Gasteiger partial charge in [-0.3, -0.25) is 20.2 Å². The summed E-state index contributed by atoms with van der Waals surface area (Å²) in [5, 5.41) is 16.3. The van der Waals surface area contributed by atoms with Crippen LogP contribution >= 0.6 is 33.9 Å². The van der Waals surface area contributed by atoms with Crippen molar-refractivity contribution in [1.29, 1.82) is 0 Å². The molecule has 1 N–H and O–H groups in total. The molecule has 6 nitrogen and oxygen atoms in total. The first-order valence-corrected chi connectivity index (χ1v) is 9.46. The number of thiazole rings is 1. The molecule has 3 aromatic carbocycles. The van der Waals surface area contributed by atoms with E-state index in [4.69, 9.17) is 0 Å². The number of carbonyl (C=O) groups excluding carboxylic acids is 1. The van der Waals surface area contributed by atoms with Crippen LogP contribution in [0.5, 0.6) is 0 Å². The number of halogens is 1. The number of amides is 1. The van der Waals surface area contributed by atoms with Gasteiger partial charge in [0.2, 0.25) is 0 Å². The fraction of sp³-hybridized carbons (Fsp3) is 0. The van der Waals surface area contributed by atoms with Crippen molar-refractivity contribution in [2.24, 2.45) is 0 Å². The van der Waals surface area contributed by atoms with Gasteiger partial charge >= 0.3 is 0 Å². The molecule has 0 atom stereocenters. The van der Waals surface area contributed by atoms with E-state index in [1.54, 1.807) is 6.07 Å². The lowest BCUT2D eigenvalue weighted by molar-refractivity contribution is -0.384. The number of benzene rings is 3. The molecule has 128 valence electrons. The largest absolute Gasteiger partial charge is 0.298 e. The molecule has 8 heteroatoms. The summed E-state index contributed by atoms with van der Waals surface area (Å²) in [6.07, 6.45) is 0. The Hall–Kier alpha value is -2.59. The van der Waals surface area contributed by atoms with Gasteiger partial charge in [0.15, 0.2) is 5.13 Å². The van der Waals surface area contributed by atoms with Crippen LogP contribution in [-0.2, 0) is 0 Å². The van der Waals surface area contributed by atoms with Crippen molar-refractivity contribution in [3.05, 3.63) is 73.8 Å². The van der Waals surface area contributed by atoms with Crippen LogP contribution in [0.25, 0.3) is 21.0 Å². The molecular weight excluding hydrogens is 465 g/mol. The summed E-state index contributed by atoms with van der Waals surface area (Å²) in [5.41, 5.74) is 0.965. The highest BCUT2D eigenvalue weighted by molar-refractivity contribution is 14.1. The van der Waals surface area contributed by atoms with Crippen LogP contribution in [0.4, 0.5) is 10.8 Å². The number of nitro benzene ring substituents is 1. The van der Waals surface area contributed by atoms with E-state index >= 15 is 0 Å². The number of nitrogens with zero attached hydrogens (tertiary/aromatic N) is 2. The predicted molar refractivity (Wildman–Crippen MR) is 111 cm³/mol. The van der Waals surface area contributed by atoms with E-state index in [0.717, 1.165) is 21.0 Å². The second-order valence-electron chi connectivity index (χ2n) is 5.53. The summed E-state index contributed by atoms with van der Waals surface area (Å²) in [6.45, 7) is 0. The average molecular weight is 475 g/mol. The van der Waals surface area contributed by atoms with E-state index in [0.29, 0.717) is 8.70 Å². The Morgan fingerprint density at radius 3 is 2.77 bits per heavy atom. The number of anilines is 1. The Morgan fingerprint density at radius 2 is 1.96 bits per heavy atom. The maximum absolute atomic E-state index is 12.6. The van der Waals surface area contributed by atoms with Crippen LogP contribution in [0.15, 0.2) is 54.6 Å². The summed E-state index contributed by atoms with van der Waals surface area (Å²) in [5.74, 6) is -0.415. The van der Waals surface area contributed by atoms with Gasteiger partial charge in [-0.1, -0.05) is 41.7 Å². The first-order valence-electron chi connectivity index (χ1n) is 7.56. The molecule has 0 aliphatic rings. The minimum absolute atomic E-state index is 0.120. The molecule has 0 saturated heterocycles. The number of hydrogen-bond acceptors (Lipinski definition) is 5. The fourth-order valence-electron chi connectivity index (χ4n) is 2.68. The molecule has 0 saturated carbocycles. The molecule has 0 spiro atoms. The summed E-state index contributed by atoms with van der Waals surface area (Å²) in [6, 6.07) is 16.1. The maximum Gasteiger partial charge on any atom is 0.270 e. The first-order chi connectivity index (χ1) is 12.5. The number of aromatic nitrogens is 1. The van der Waals surface area contributed by atoms with Gasteiger partial charge in [0, 0.05) is 21.1 Å². The molecule has 1 aromatic heterocycles. The van der Waals surface area contributed by atoms with Gasteiger partial charge in [-0.2, -0.15) is 0 Å². The number of carbonyl (C=O) groups is 1. The lowest BCUT2D eigenvalue weighted by Crippen LogP contribution is -2.13. The predicted octanol–water partition coefficient (Wildman–Crippen LogP) is 5.21. The van der Waals surface area contributed by atoms with E-state index in [1.807, 2.05) is 59.0 Å². The van der Waals surface area contributed by atoms with Crippen LogP contribution in [-0.4, -0.2) is 15.8 Å². The van der Waals surface area contributed by atoms with Gasteiger partial charge in [-0.05, 0) is 40.1 Å². The Morgan fingerprint density at radius 1 is 1.15 bits per heavy atom. The van der Waals surface area contributed by atoms with Crippen LogP contribution in [0, 0.1) is 13.7 Å². The number of rotatable bonds is 3. The SMILES string of the molecule is O=C(Nc1nc2c(ccc3ccccc32)s1)c1cc([N+](=O)[O-])ccc1I. The number of hydrogen-bond donors (Lipinski definition) is 1.